The molecule has 0 bridgehead atoms. The van der Waals surface area contributed by atoms with Crippen LogP contribution in [-0.4, -0.2) is 101 Å². The molecule has 0 radical (unpaired) electrons. The number of aromatic nitrogens is 3. The summed E-state index contributed by atoms with van der Waals surface area (Å²) in [5.74, 6) is -0.339. The van der Waals surface area contributed by atoms with E-state index in [2.05, 4.69) is 42.7 Å². The quantitative estimate of drug-likeness (QED) is 0.267. The van der Waals surface area contributed by atoms with Gasteiger partial charge in [-0.05, 0) is 56.6 Å². The van der Waals surface area contributed by atoms with Gasteiger partial charge in [-0.2, -0.15) is 13.2 Å². The number of carbonyl (C=O) groups is 1. The number of aliphatic hydroxyl groups excluding tert-OH is 1. The Bertz CT molecular complexity index is 1500. The first-order chi connectivity index (χ1) is 21.4. The number of amides is 1. The minimum atomic E-state index is -4.76. The SMILES string of the molecule is CN1CCN([C@H]2C[C@H](C(=O)Nc3cc(Nc4cc(-c5cc(Cl)ccc5F)nnc4N(C)CCC(O)C(F)(F)F)ccn3)C2)CC1. The number of nitrogens with one attached hydrogen (secondary N) is 2. The number of hydrogen-bond donors (Lipinski definition) is 3. The van der Waals surface area contributed by atoms with Crippen molar-refractivity contribution in [1.29, 1.82) is 0 Å². The summed E-state index contributed by atoms with van der Waals surface area (Å²) < 4.78 is 53.4. The molecule has 2 fully saturated rings. The third-order valence-corrected chi connectivity index (χ3v) is 8.52. The second-order valence-corrected chi connectivity index (χ2v) is 12.0. The summed E-state index contributed by atoms with van der Waals surface area (Å²) in [5.41, 5.74) is 0.992. The average Bonchev–Trinajstić information content (AvgIpc) is 2.97. The molecule has 1 aromatic carbocycles. The minimum absolute atomic E-state index is 0.0813. The molecule has 3 aromatic rings. The fraction of sp³-hybridized carbons (Fsp3) is 0.467. The van der Waals surface area contributed by atoms with Crippen LogP contribution in [0, 0.1) is 11.7 Å². The molecular formula is C30H35ClF4N8O2. The molecule has 242 valence electrons. The molecule has 15 heteroatoms. The van der Waals surface area contributed by atoms with Gasteiger partial charge < -0.3 is 25.5 Å². The van der Waals surface area contributed by atoms with Crippen molar-refractivity contribution in [2.45, 2.75) is 37.6 Å². The molecule has 1 saturated carbocycles. The normalized spacial score (nSPS) is 19.9. The van der Waals surface area contributed by atoms with E-state index >= 15 is 0 Å². The van der Waals surface area contributed by atoms with Crippen LogP contribution < -0.4 is 15.5 Å². The van der Waals surface area contributed by atoms with E-state index in [9.17, 15) is 27.5 Å². The van der Waals surface area contributed by atoms with E-state index in [4.69, 9.17) is 11.6 Å². The Morgan fingerprint density at radius 3 is 2.58 bits per heavy atom. The molecule has 45 heavy (non-hydrogen) atoms. The number of hydrogen-bond acceptors (Lipinski definition) is 9. The Morgan fingerprint density at radius 2 is 1.87 bits per heavy atom. The van der Waals surface area contributed by atoms with Gasteiger partial charge in [-0.15, -0.1) is 10.2 Å². The summed E-state index contributed by atoms with van der Waals surface area (Å²) >= 11 is 6.07. The summed E-state index contributed by atoms with van der Waals surface area (Å²) in [5, 5.41) is 24.1. The maximum atomic E-state index is 14.7. The van der Waals surface area contributed by atoms with Crippen LogP contribution in [0.3, 0.4) is 0 Å². The summed E-state index contributed by atoms with van der Waals surface area (Å²) in [4.78, 5) is 23.4. The Labute approximate surface area is 263 Å². The van der Waals surface area contributed by atoms with E-state index in [0.717, 1.165) is 39.0 Å². The standard InChI is InChI=1S/C30H35ClF4N8O2/c1-41-9-11-43(12-10-41)21-13-18(14-21)29(45)38-27-16-20(5-7-36-27)37-25-17-24(22-15-19(31)3-4-23(22)32)39-40-28(25)42(2)8-6-26(44)30(33,34)35/h3-5,7,15-18,21,26,44H,6,8-14H2,1-2H3,(H2,36,37,38,39,45)/t18-,21-,26?. The molecule has 1 amide bonds. The molecule has 2 aromatic heterocycles. The monoisotopic (exact) mass is 650 g/mol. The predicted octanol–water partition coefficient (Wildman–Crippen LogP) is 4.79. The highest BCUT2D eigenvalue weighted by Crippen LogP contribution is 2.35. The number of carbonyl (C=O) groups excluding carboxylic acids is 1. The van der Waals surface area contributed by atoms with Crippen molar-refractivity contribution < 1.29 is 27.5 Å². The van der Waals surface area contributed by atoms with Gasteiger partial charge in [0.25, 0.3) is 0 Å². The number of benzene rings is 1. The van der Waals surface area contributed by atoms with E-state index in [1.54, 1.807) is 12.1 Å². The summed E-state index contributed by atoms with van der Waals surface area (Å²) in [7, 11) is 3.61. The Morgan fingerprint density at radius 1 is 1.13 bits per heavy atom. The van der Waals surface area contributed by atoms with Crippen molar-refractivity contribution in [1.82, 2.24) is 25.0 Å². The van der Waals surface area contributed by atoms with Gasteiger partial charge in [0.05, 0.1) is 11.4 Å². The molecule has 5 rings (SSSR count). The zero-order chi connectivity index (χ0) is 32.3. The molecule has 0 spiro atoms. The van der Waals surface area contributed by atoms with Gasteiger partial charge in [-0.3, -0.25) is 9.69 Å². The summed E-state index contributed by atoms with van der Waals surface area (Å²) in [6.45, 7) is 3.84. The average molecular weight is 651 g/mol. The van der Waals surface area contributed by atoms with Gasteiger partial charge in [0, 0.05) is 80.3 Å². The van der Waals surface area contributed by atoms with Crippen LogP contribution >= 0.6 is 11.6 Å². The third-order valence-electron chi connectivity index (χ3n) is 8.28. The topological polar surface area (TPSA) is 110 Å². The van der Waals surface area contributed by atoms with Crippen LogP contribution in [0.2, 0.25) is 5.02 Å². The van der Waals surface area contributed by atoms with Gasteiger partial charge >= 0.3 is 6.18 Å². The van der Waals surface area contributed by atoms with Crippen LogP contribution in [0.4, 0.5) is 40.6 Å². The molecule has 3 heterocycles. The number of rotatable bonds is 10. The number of pyridine rings is 1. The smallest absolute Gasteiger partial charge is 0.384 e. The molecular weight excluding hydrogens is 616 g/mol. The highest BCUT2D eigenvalue weighted by atomic mass is 35.5. The maximum absolute atomic E-state index is 14.7. The summed E-state index contributed by atoms with van der Waals surface area (Å²) in [6.07, 6.45) is -4.79. The van der Waals surface area contributed by atoms with E-state index in [0.29, 0.717) is 23.2 Å². The van der Waals surface area contributed by atoms with Gasteiger partial charge in [-0.25, -0.2) is 9.37 Å². The highest BCUT2D eigenvalue weighted by Gasteiger charge is 2.39. The second kappa shape index (κ2) is 13.8. The highest BCUT2D eigenvalue weighted by molar-refractivity contribution is 6.30. The van der Waals surface area contributed by atoms with Crippen molar-refractivity contribution in [2.24, 2.45) is 5.92 Å². The molecule has 1 saturated heterocycles. The van der Waals surface area contributed by atoms with Gasteiger partial charge in [0.2, 0.25) is 5.91 Å². The number of likely N-dealkylation sites (N-methyl/N-ethyl adjacent to an activating group) is 1. The first-order valence-electron chi connectivity index (χ1n) is 14.6. The lowest BCUT2D eigenvalue weighted by atomic mass is 9.78. The molecule has 1 unspecified atom stereocenters. The van der Waals surface area contributed by atoms with E-state index < -0.39 is 24.5 Å². The first-order valence-corrected chi connectivity index (χ1v) is 15.0. The Balaban J connectivity index is 1.31. The van der Waals surface area contributed by atoms with E-state index in [1.165, 1.54) is 42.4 Å². The van der Waals surface area contributed by atoms with E-state index in [-0.39, 0.29) is 40.5 Å². The van der Waals surface area contributed by atoms with Crippen molar-refractivity contribution in [3.8, 4) is 11.3 Å². The number of piperazine rings is 1. The number of nitrogens with zero attached hydrogens (tertiary/aromatic N) is 6. The lowest BCUT2D eigenvalue weighted by Gasteiger charge is -2.45. The fourth-order valence-corrected chi connectivity index (χ4v) is 5.59. The molecule has 10 nitrogen and oxygen atoms in total. The minimum Gasteiger partial charge on any atom is -0.384 e. The predicted molar refractivity (Wildman–Crippen MR) is 164 cm³/mol. The zero-order valence-electron chi connectivity index (χ0n) is 24.9. The van der Waals surface area contributed by atoms with Crippen LogP contribution in [0.1, 0.15) is 19.3 Å². The van der Waals surface area contributed by atoms with E-state index in [1.807, 2.05) is 0 Å². The van der Waals surface area contributed by atoms with Crippen molar-refractivity contribution in [3.63, 3.8) is 0 Å². The number of alkyl halides is 3. The molecule has 2 aliphatic rings. The van der Waals surface area contributed by atoms with Crippen LogP contribution in [0.5, 0.6) is 0 Å². The van der Waals surface area contributed by atoms with Gasteiger partial charge in [-0.1, -0.05) is 11.6 Å². The lowest BCUT2D eigenvalue weighted by molar-refractivity contribution is -0.204. The van der Waals surface area contributed by atoms with Crippen LogP contribution in [-0.2, 0) is 4.79 Å². The zero-order valence-corrected chi connectivity index (χ0v) is 25.6. The van der Waals surface area contributed by atoms with Crippen molar-refractivity contribution in [3.05, 3.63) is 53.4 Å². The molecule has 3 N–H and O–H groups in total. The second-order valence-electron chi connectivity index (χ2n) is 11.6. The fourth-order valence-electron chi connectivity index (χ4n) is 5.42. The van der Waals surface area contributed by atoms with Crippen LogP contribution in [0.15, 0.2) is 42.6 Å². The van der Waals surface area contributed by atoms with Crippen LogP contribution in [0.25, 0.3) is 11.3 Å². The summed E-state index contributed by atoms with van der Waals surface area (Å²) in [6, 6.07) is 9.14. The first kappa shape index (κ1) is 32.8. The van der Waals surface area contributed by atoms with Crippen molar-refractivity contribution >= 4 is 40.5 Å². The molecule has 1 atom stereocenters. The Hall–Kier alpha value is -3.59. The molecule has 1 aliphatic carbocycles. The van der Waals surface area contributed by atoms with Crippen molar-refractivity contribution in [2.75, 3.05) is 62.4 Å². The lowest BCUT2D eigenvalue weighted by Crippen LogP contribution is -2.54. The van der Waals surface area contributed by atoms with Gasteiger partial charge in [0.1, 0.15) is 11.6 Å². The maximum Gasteiger partial charge on any atom is 0.414 e. The van der Waals surface area contributed by atoms with Gasteiger partial charge in [0.15, 0.2) is 11.9 Å². The Kier molecular flexibility index (Phi) is 10.1. The third kappa shape index (κ3) is 8.17. The largest absolute Gasteiger partial charge is 0.414 e. The number of aliphatic hydroxyl groups is 1. The number of halogens is 5. The molecule has 1 aliphatic heterocycles. The number of anilines is 4.